The molecule has 4 rings (SSSR count). The third-order valence-electron chi connectivity index (χ3n) is 7.54. The maximum absolute atomic E-state index is 10.7. The molecule has 7 atom stereocenters. The highest BCUT2D eigenvalue weighted by Gasteiger charge is 2.50. The topological polar surface area (TPSA) is 17.1 Å². The number of hydrogen-bond donors (Lipinski definition) is 0. The van der Waals surface area contributed by atoms with Crippen LogP contribution >= 0.6 is 0 Å². The molecule has 0 spiro atoms. The Labute approximate surface area is 123 Å². The molecule has 4 aliphatic carbocycles. The van der Waals surface area contributed by atoms with Crippen LogP contribution in [-0.4, -0.2) is 5.94 Å². The molecule has 0 aliphatic heterocycles. The van der Waals surface area contributed by atoms with Crippen LogP contribution in [0.1, 0.15) is 64.2 Å². The van der Waals surface area contributed by atoms with Crippen molar-refractivity contribution in [2.24, 2.45) is 41.4 Å². The number of carbonyl (C=O) groups excluding carboxylic acids is 1. The van der Waals surface area contributed by atoms with E-state index in [1.165, 1.54) is 64.2 Å². The fourth-order valence-corrected chi connectivity index (χ4v) is 6.83. The summed E-state index contributed by atoms with van der Waals surface area (Å²) in [5.41, 5.74) is 0. The molecular weight excluding hydrogens is 244 g/mol. The first-order valence-corrected chi connectivity index (χ1v) is 9.09. The Morgan fingerprint density at radius 3 is 2.20 bits per heavy atom. The molecule has 0 bridgehead atoms. The second-order valence-corrected chi connectivity index (χ2v) is 8.04. The minimum absolute atomic E-state index is 0.572. The summed E-state index contributed by atoms with van der Waals surface area (Å²) >= 11 is 0. The van der Waals surface area contributed by atoms with Crippen molar-refractivity contribution in [1.29, 1.82) is 0 Å². The molecule has 0 amide bonds. The molecule has 0 aromatic heterocycles. The average molecular weight is 272 g/mol. The fraction of sp³-hybridized carbons (Fsp3) is 0.895. The number of fused-ring (bicyclic) bond motifs is 5. The van der Waals surface area contributed by atoms with Crippen LogP contribution in [-0.2, 0) is 4.79 Å². The van der Waals surface area contributed by atoms with Gasteiger partial charge in [0.1, 0.15) is 5.94 Å². The number of rotatable bonds is 1. The highest BCUT2D eigenvalue weighted by Crippen LogP contribution is 2.59. The first kappa shape index (κ1) is 13.1. The highest BCUT2D eigenvalue weighted by atomic mass is 16.1. The molecule has 4 aliphatic rings. The summed E-state index contributed by atoms with van der Waals surface area (Å²) in [6.45, 7) is 0. The van der Waals surface area contributed by atoms with E-state index in [1.54, 1.807) is 0 Å². The van der Waals surface area contributed by atoms with Crippen LogP contribution < -0.4 is 0 Å². The van der Waals surface area contributed by atoms with Crippen LogP contribution in [0.3, 0.4) is 0 Å². The number of allylic oxidation sites excluding steroid dienone is 1. The maximum Gasteiger partial charge on any atom is 0.120 e. The van der Waals surface area contributed by atoms with Gasteiger partial charge < -0.3 is 0 Å². The largest absolute Gasteiger partial charge is 0.234 e. The van der Waals surface area contributed by atoms with Gasteiger partial charge in [-0.2, -0.15) is 0 Å². The van der Waals surface area contributed by atoms with E-state index in [-0.39, 0.29) is 0 Å². The van der Waals surface area contributed by atoms with E-state index in [1.807, 2.05) is 6.08 Å². The predicted molar refractivity (Wildman–Crippen MR) is 80.9 cm³/mol. The van der Waals surface area contributed by atoms with E-state index >= 15 is 0 Å². The van der Waals surface area contributed by atoms with E-state index in [0.717, 1.165) is 35.5 Å². The predicted octanol–water partition coefficient (Wildman–Crippen LogP) is 4.64. The van der Waals surface area contributed by atoms with Gasteiger partial charge in [0.05, 0.1) is 0 Å². The molecule has 0 radical (unpaired) electrons. The van der Waals surface area contributed by atoms with Gasteiger partial charge in [0.2, 0.25) is 0 Å². The standard InChI is InChI=1S/C19H28O/c20-12-11-14-6-7-17-16(14)9-10-18-15-4-2-1-3-13(15)5-8-19(17)18/h11,13-19H,1-10H2/t13?,14-,15-,16+,17+,18+,19-/m0/s1. The van der Waals surface area contributed by atoms with E-state index in [9.17, 15) is 4.79 Å². The van der Waals surface area contributed by atoms with Gasteiger partial charge >= 0.3 is 0 Å². The summed E-state index contributed by atoms with van der Waals surface area (Å²) in [7, 11) is 0. The van der Waals surface area contributed by atoms with E-state index in [2.05, 4.69) is 5.94 Å². The first-order chi connectivity index (χ1) is 9.88. The summed E-state index contributed by atoms with van der Waals surface area (Å²) in [4.78, 5) is 10.7. The van der Waals surface area contributed by atoms with Crippen LogP contribution in [0.4, 0.5) is 0 Å². The van der Waals surface area contributed by atoms with Crippen LogP contribution in [0.5, 0.6) is 0 Å². The van der Waals surface area contributed by atoms with Gasteiger partial charge in [0.25, 0.3) is 0 Å². The Kier molecular flexibility index (Phi) is 3.50. The molecule has 0 heterocycles. The van der Waals surface area contributed by atoms with E-state index in [4.69, 9.17) is 0 Å². The molecule has 1 unspecified atom stereocenters. The lowest BCUT2D eigenvalue weighted by Gasteiger charge is -2.52. The molecule has 4 saturated carbocycles. The van der Waals surface area contributed by atoms with Crippen molar-refractivity contribution in [3.05, 3.63) is 6.08 Å². The quantitative estimate of drug-likeness (QED) is 0.635. The van der Waals surface area contributed by atoms with Gasteiger partial charge in [-0.3, -0.25) is 0 Å². The lowest BCUT2D eigenvalue weighted by atomic mass is 9.53. The molecular formula is C19H28O. The molecule has 4 fully saturated rings. The summed E-state index contributed by atoms with van der Waals surface area (Å²) in [6, 6.07) is 0. The van der Waals surface area contributed by atoms with Crippen molar-refractivity contribution in [3.63, 3.8) is 0 Å². The zero-order valence-corrected chi connectivity index (χ0v) is 12.6. The monoisotopic (exact) mass is 272 g/mol. The first-order valence-electron chi connectivity index (χ1n) is 9.09. The van der Waals surface area contributed by atoms with Crippen molar-refractivity contribution < 1.29 is 4.79 Å². The summed E-state index contributed by atoms with van der Waals surface area (Å²) in [5.74, 6) is 8.65. The van der Waals surface area contributed by atoms with E-state index in [0.29, 0.717) is 5.92 Å². The lowest BCUT2D eigenvalue weighted by Crippen LogP contribution is -2.44. The third kappa shape index (κ3) is 2.01. The Bertz CT molecular complexity index is 408. The molecule has 0 aromatic rings. The zero-order chi connectivity index (χ0) is 13.5. The van der Waals surface area contributed by atoms with E-state index < -0.39 is 0 Å². The molecule has 1 nitrogen and oxygen atoms in total. The Morgan fingerprint density at radius 2 is 1.30 bits per heavy atom. The summed E-state index contributed by atoms with van der Waals surface area (Å²) in [5, 5.41) is 0. The van der Waals surface area contributed by atoms with Crippen molar-refractivity contribution in [1.82, 2.24) is 0 Å². The smallest absolute Gasteiger partial charge is 0.120 e. The summed E-state index contributed by atoms with van der Waals surface area (Å²) in [6.07, 6.45) is 16.5. The molecule has 0 saturated heterocycles. The minimum Gasteiger partial charge on any atom is -0.234 e. The normalized spacial score (nSPS) is 50.5. The van der Waals surface area contributed by atoms with Gasteiger partial charge in [0.15, 0.2) is 0 Å². The lowest BCUT2D eigenvalue weighted by molar-refractivity contribution is -0.0220. The molecule has 0 N–H and O–H groups in total. The van der Waals surface area contributed by atoms with Crippen molar-refractivity contribution in [2.45, 2.75) is 64.2 Å². The van der Waals surface area contributed by atoms with Crippen molar-refractivity contribution in [2.75, 3.05) is 0 Å². The third-order valence-corrected chi connectivity index (χ3v) is 7.54. The maximum atomic E-state index is 10.7. The van der Waals surface area contributed by atoms with Gasteiger partial charge in [-0.25, -0.2) is 4.79 Å². The molecule has 0 aromatic carbocycles. The second-order valence-electron chi connectivity index (χ2n) is 8.04. The molecule has 1 heteroatoms. The van der Waals surface area contributed by atoms with Crippen molar-refractivity contribution in [3.8, 4) is 0 Å². The second kappa shape index (κ2) is 5.34. The van der Waals surface area contributed by atoms with Gasteiger partial charge in [0, 0.05) is 6.08 Å². The van der Waals surface area contributed by atoms with Crippen LogP contribution in [0.2, 0.25) is 0 Å². The minimum atomic E-state index is 0.572. The molecule has 20 heavy (non-hydrogen) atoms. The van der Waals surface area contributed by atoms with Gasteiger partial charge in [-0.1, -0.05) is 19.3 Å². The average Bonchev–Trinajstić information content (AvgIpc) is 2.91. The highest BCUT2D eigenvalue weighted by molar-refractivity contribution is 5.46. The van der Waals surface area contributed by atoms with Crippen LogP contribution in [0, 0.1) is 41.4 Å². The SMILES string of the molecule is O=C=C[C@@H]1CC[C@H]2[C@@H]3CCC4CCCC[C@@H]4[C@H]3CC[C@@H]21. The van der Waals surface area contributed by atoms with Crippen LogP contribution in [0.25, 0.3) is 0 Å². The van der Waals surface area contributed by atoms with Crippen LogP contribution in [0.15, 0.2) is 6.08 Å². The Morgan fingerprint density at radius 1 is 0.650 bits per heavy atom. The number of hydrogen-bond acceptors (Lipinski definition) is 1. The van der Waals surface area contributed by atoms with Crippen molar-refractivity contribution >= 4 is 5.94 Å². The Hall–Kier alpha value is -0.550. The van der Waals surface area contributed by atoms with Gasteiger partial charge in [-0.15, -0.1) is 0 Å². The van der Waals surface area contributed by atoms with Gasteiger partial charge in [-0.05, 0) is 86.4 Å². The molecule has 110 valence electrons. The summed E-state index contributed by atoms with van der Waals surface area (Å²) < 4.78 is 0. The zero-order valence-electron chi connectivity index (χ0n) is 12.6. The Balaban J connectivity index is 1.53. The fourth-order valence-electron chi connectivity index (χ4n) is 6.83.